The zero-order chi connectivity index (χ0) is 10.9. The summed E-state index contributed by atoms with van der Waals surface area (Å²) < 4.78 is 9.67. The summed E-state index contributed by atoms with van der Waals surface area (Å²) in [6.07, 6.45) is 12.1. The molecule has 3 heteroatoms. The third-order valence-electron chi connectivity index (χ3n) is 2.37. The Kier molecular flexibility index (Phi) is 2.39. The van der Waals surface area contributed by atoms with Crippen molar-refractivity contribution in [2.75, 3.05) is 6.61 Å². The lowest BCUT2D eigenvalue weighted by atomic mass is 10.1. The maximum atomic E-state index is 5.51. The Morgan fingerprint density at radius 2 is 2.20 bits per heavy atom. The molecular weight excluding hydrogens is 188 g/mol. The van der Waals surface area contributed by atoms with Crippen molar-refractivity contribution in [3.05, 3.63) is 36.9 Å². The number of hydrogen-bond acceptors (Lipinski definition) is 1. The van der Waals surface area contributed by atoms with Crippen molar-refractivity contribution >= 4 is 5.88 Å². The van der Waals surface area contributed by atoms with Crippen LogP contribution in [0.2, 0.25) is 0 Å². The molecule has 1 aliphatic heterocycles. The molecule has 0 spiro atoms. The number of aromatic nitrogens is 2. The predicted molar refractivity (Wildman–Crippen MR) is 59.0 cm³/mol. The molecule has 0 radical (unpaired) electrons. The van der Waals surface area contributed by atoms with Crippen molar-refractivity contribution in [1.29, 1.82) is 0 Å². The third kappa shape index (κ3) is 2.12. The van der Waals surface area contributed by atoms with E-state index in [1.165, 1.54) is 0 Å². The van der Waals surface area contributed by atoms with Gasteiger partial charge in [0.15, 0.2) is 0 Å². The zero-order valence-electron chi connectivity index (χ0n) is 9.47. The van der Waals surface area contributed by atoms with Crippen molar-refractivity contribution in [2.24, 2.45) is 0 Å². The fourth-order valence-corrected chi connectivity index (χ4v) is 1.43. The Balaban J connectivity index is 2.27. The quantitative estimate of drug-likeness (QED) is 0.640. The van der Waals surface area contributed by atoms with Crippen LogP contribution < -0.4 is 4.57 Å². The van der Waals surface area contributed by atoms with Gasteiger partial charge < -0.3 is 4.74 Å². The van der Waals surface area contributed by atoms with Crippen molar-refractivity contribution in [3.8, 4) is 0 Å². The second kappa shape index (κ2) is 3.57. The molecule has 0 unspecified atom stereocenters. The van der Waals surface area contributed by atoms with E-state index in [0.717, 1.165) is 5.88 Å². The average molecular weight is 205 g/mol. The molecule has 0 bridgehead atoms. The summed E-state index contributed by atoms with van der Waals surface area (Å²) >= 11 is 0. The number of ether oxygens (including phenoxy) is 1. The fourth-order valence-electron chi connectivity index (χ4n) is 1.43. The highest BCUT2D eigenvalue weighted by Gasteiger charge is 2.20. The molecule has 0 saturated carbocycles. The summed E-state index contributed by atoms with van der Waals surface area (Å²) in [5, 5.41) is 0. The summed E-state index contributed by atoms with van der Waals surface area (Å²) in [6, 6.07) is 0. The van der Waals surface area contributed by atoms with Gasteiger partial charge >= 0.3 is 0 Å². The molecule has 3 nitrogen and oxygen atoms in total. The molecule has 2 rings (SSSR count). The second-order valence-corrected chi connectivity index (χ2v) is 4.64. The predicted octanol–water partition coefficient (Wildman–Crippen LogP) is 1.92. The van der Waals surface area contributed by atoms with Gasteiger partial charge in [-0.2, -0.15) is 4.57 Å². The minimum Gasteiger partial charge on any atom is -0.458 e. The van der Waals surface area contributed by atoms with Crippen molar-refractivity contribution in [2.45, 2.75) is 26.3 Å². The van der Waals surface area contributed by atoms with Crippen LogP contribution in [0, 0.1) is 0 Å². The first kappa shape index (κ1) is 10.0. The minimum atomic E-state index is 0.107. The van der Waals surface area contributed by atoms with Crippen LogP contribution in [0.4, 0.5) is 0 Å². The largest absolute Gasteiger partial charge is 0.458 e. The molecule has 0 aliphatic carbocycles. The van der Waals surface area contributed by atoms with Crippen LogP contribution in [0.3, 0.4) is 0 Å². The van der Waals surface area contributed by atoms with Crippen LogP contribution in [-0.2, 0) is 10.3 Å². The van der Waals surface area contributed by atoms with Gasteiger partial charge in [0.25, 0.3) is 12.2 Å². The molecular formula is C12H17N2O+. The van der Waals surface area contributed by atoms with Crippen LogP contribution in [0.5, 0.6) is 0 Å². The molecule has 1 aromatic rings. The van der Waals surface area contributed by atoms with E-state index in [1.54, 1.807) is 0 Å². The lowest BCUT2D eigenvalue weighted by Crippen LogP contribution is -2.48. The number of imidazole rings is 1. The second-order valence-electron chi connectivity index (χ2n) is 4.64. The standard InChI is InChI=1S/C12H17N2O/c1-12(2,3)14-8-7-13(10-14)11-6-4-5-9-15-11/h4-8,10H,9H2,1-3H3/q+1. The maximum absolute atomic E-state index is 5.51. The van der Waals surface area contributed by atoms with Crippen LogP contribution in [0.1, 0.15) is 20.8 Å². The van der Waals surface area contributed by atoms with Gasteiger partial charge in [-0.25, -0.2) is 4.57 Å². The van der Waals surface area contributed by atoms with E-state index < -0.39 is 0 Å². The lowest BCUT2D eigenvalue weighted by Gasteiger charge is -2.13. The van der Waals surface area contributed by atoms with Crippen LogP contribution in [0.25, 0.3) is 5.88 Å². The minimum absolute atomic E-state index is 0.107. The first-order valence-electron chi connectivity index (χ1n) is 5.17. The van der Waals surface area contributed by atoms with Crippen LogP contribution in [0.15, 0.2) is 36.9 Å². The van der Waals surface area contributed by atoms with Gasteiger partial charge in [0.1, 0.15) is 24.5 Å². The normalized spacial score (nSPS) is 16.1. The number of nitrogens with zero attached hydrogens (tertiary/aromatic N) is 2. The molecule has 0 fully saturated rings. The summed E-state index contributed by atoms with van der Waals surface area (Å²) in [5.41, 5.74) is 0.107. The van der Waals surface area contributed by atoms with Crippen molar-refractivity contribution in [1.82, 2.24) is 4.57 Å². The molecule has 1 aliphatic rings. The summed E-state index contributed by atoms with van der Waals surface area (Å²) in [5.74, 6) is 0.875. The molecule has 15 heavy (non-hydrogen) atoms. The molecule has 0 saturated heterocycles. The Bertz CT molecular complexity index is 408. The van der Waals surface area contributed by atoms with Crippen molar-refractivity contribution < 1.29 is 9.30 Å². The van der Waals surface area contributed by atoms with E-state index in [4.69, 9.17) is 4.74 Å². The Hall–Kier alpha value is -1.51. The fraction of sp³-hybridized carbons (Fsp3) is 0.417. The third-order valence-corrected chi connectivity index (χ3v) is 2.37. The van der Waals surface area contributed by atoms with Crippen LogP contribution in [-0.4, -0.2) is 11.2 Å². The first-order valence-corrected chi connectivity index (χ1v) is 5.17. The number of allylic oxidation sites excluding steroid dienone is 2. The lowest BCUT2D eigenvalue weighted by molar-refractivity contribution is -0.753. The summed E-state index contributed by atoms with van der Waals surface area (Å²) in [6.45, 7) is 7.17. The van der Waals surface area contributed by atoms with E-state index >= 15 is 0 Å². The maximum Gasteiger partial charge on any atom is 0.288 e. The topological polar surface area (TPSA) is 18.0 Å². The van der Waals surface area contributed by atoms with Gasteiger partial charge in [-0.05, 0) is 26.8 Å². The number of hydrogen-bond donors (Lipinski definition) is 0. The van der Waals surface area contributed by atoms with E-state index in [0.29, 0.717) is 6.61 Å². The SMILES string of the molecule is CC(C)(C)[n+]1ccn(C2=CC=CCO2)c1. The smallest absolute Gasteiger partial charge is 0.288 e. The Morgan fingerprint density at radius 1 is 1.40 bits per heavy atom. The number of rotatable bonds is 1. The Morgan fingerprint density at radius 3 is 2.73 bits per heavy atom. The molecule has 2 heterocycles. The van der Waals surface area contributed by atoms with E-state index in [9.17, 15) is 0 Å². The van der Waals surface area contributed by atoms with Gasteiger partial charge in [-0.1, -0.05) is 6.08 Å². The summed E-state index contributed by atoms with van der Waals surface area (Å²) in [7, 11) is 0. The zero-order valence-corrected chi connectivity index (χ0v) is 9.47. The monoisotopic (exact) mass is 205 g/mol. The Labute approximate surface area is 90.3 Å². The van der Waals surface area contributed by atoms with E-state index in [2.05, 4.69) is 31.5 Å². The molecule has 0 aromatic carbocycles. The molecule has 0 N–H and O–H groups in total. The van der Waals surface area contributed by atoms with Gasteiger partial charge in [-0.15, -0.1) is 0 Å². The van der Waals surface area contributed by atoms with Gasteiger partial charge in [-0.3, -0.25) is 0 Å². The van der Waals surface area contributed by atoms with E-state index in [1.807, 2.05) is 35.3 Å². The average Bonchev–Trinajstić information content (AvgIpc) is 2.67. The highest BCUT2D eigenvalue weighted by molar-refractivity contribution is 5.41. The van der Waals surface area contributed by atoms with E-state index in [-0.39, 0.29) is 5.54 Å². The van der Waals surface area contributed by atoms with Crippen molar-refractivity contribution in [3.63, 3.8) is 0 Å². The highest BCUT2D eigenvalue weighted by atomic mass is 16.5. The first-order chi connectivity index (χ1) is 7.07. The highest BCUT2D eigenvalue weighted by Crippen LogP contribution is 2.11. The van der Waals surface area contributed by atoms with Gasteiger partial charge in [0.2, 0.25) is 0 Å². The molecule has 0 amide bonds. The van der Waals surface area contributed by atoms with Gasteiger partial charge in [0, 0.05) is 6.08 Å². The van der Waals surface area contributed by atoms with Crippen LogP contribution >= 0.6 is 0 Å². The molecule has 0 atom stereocenters. The molecule has 80 valence electrons. The summed E-state index contributed by atoms with van der Waals surface area (Å²) in [4.78, 5) is 0. The molecule has 1 aromatic heterocycles. The van der Waals surface area contributed by atoms with Gasteiger partial charge in [0.05, 0.1) is 0 Å².